The molecule has 3 aliphatic heterocycles. The Morgan fingerprint density at radius 1 is 1.00 bits per heavy atom. The van der Waals surface area contributed by atoms with Gasteiger partial charge in [0.05, 0.1) is 17.0 Å². The summed E-state index contributed by atoms with van der Waals surface area (Å²) in [7, 11) is 0. The van der Waals surface area contributed by atoms with E-state index >= 15 is 13.2 Å². The van der Waals surface area contributed by atoms with Crippen LogP contribution in [0.1, 0.15) is 99.8 Å². The molecule has 1 saturated heterocycles. The monoisotopic (exact) mass is 568 g/mol. The lowest BCUT2D eigenvalue weighted by Crippen LogP contribution is -2.29. The predicted molar refractivity (Wildman–Crippen MR) is 153 cm³/mol. The summed E-state index contributed by atoms with van der Waals surface area (Å²) in [6.45, 7) is 3.53. The van der Waals surface area contributed by atoms with Crippen molar-refractivity contribution in [2.24, 2.45) is 11.8 Å². The minimum Gasteiger partial charge on any atom is -0.381 e. The van der Waals surface area contributed by atoms with E-state index in [9.17, 15) is 4.79 Å². The highest BCUT2D eigenvalue weighted by Gasteiger charge is 2.38. The number of aryl methyl sites for hydroxylation is 1. The number of ether oxygens (including phenoxy) is 1. The lowest BCUT2D eigenvalue weighted by Gasteiger charge is -2.36. The first-order valence-electron chi connectivity index (χ1n) is 15.2. The third kappa shape index (κ3) is 5.74. The van der Waals surface area contributed by atoms with Gasteiger partial charge in [-0.3, -0.25) is 9.36 Å². The van der Waals surface area contributed by atoms with E-state index in [0.29, 0.717) is 48.9 Å². The van der Waals surface area contributed by atoms with Crippen molar-refractivity contribution >= 4 is 16.9 Å². The van der Waals surface area contributed by atoms with Gasteiger partial charge in [0.15, 0.2) is 0 Å². The highest BCUT2D eigenvalue weighted by Crippen LogP contribution is 2.44. The van der Waals surface area contributed by atoms with Gasteiger partial charge in [-0.2, -0.15) is 0 Å². The molecule has 1 saturated carbocycles. The highest BCUT2D eigenvalue weighted by atomic mass is 19.3. The van der Waals surface area contributed by atoms with Gasteiger partial charge in [0.1, 0.15) is 23.6 Å². The number of halogens is 3. The summed E-state index contributed by atoms with van der Waals surface area (Å²) < 4.78 is 53.6. The molecule has 0 radical (unpaired) electrons. The van der Waals surface area contributed by atoms with Crippen LogP contribution in [-0.4, -0.2) is 27.7 Å². The van der Waals surface area contributed by atoms with E-state index in [2.05, 4.69) is 15.3 Å². The number of rotatable bonds is 1. The minimum absolute atomic E-state index is 0.0212. The maximum absolute atomic E-state index is 15.7. The molecule has 8 bridgehead atoms. The molecule has 1 aliphatic carbocycles. The van der Waals surface area contributed by atoms with Crippen molar-refractivity contribution in [2.45, 2.75) is 95.6 Å². The van der Waals surface area contributed by atoms with Gasteiger partial charge in [-0.05, 0) is 69.3 Å². The van der Waals surface area contributed by atoms with Crippen LogP contribution in [0.3, 0.4) is 0 Å². The fourth-order valence-electron chi connectivity index (χ4n) is 7.02. The predicted octanol–water partition coefficient (Wildman–Crippen LogP) is 7.47. The standard InChI is InChI=1S/C32H39F3N4O2/c1-20-24-7-5-8-27(28(24)33)32(34,35)12-9-22-16-21(17-22)6-3-2-4-13-39-30-26(29(38-20)36-19-37-30)18-25(31(39)40)23-10-14-41-15-11-23/h5,7-8,18-23H,2-4,6,9-17H2,1H3,(H,36,37,38)/t20-,21?,22?/m1/s1. The SMILES string of the molecule is C[C@H]1Nc2ncnc3c2cc(C2CCOCC2)c(=O)n3CCCCCC2CC(CCC(F)(F)c3cccc1c3F)C2. The summed E-state index contributed by atoms with van der Waals surface area (Å²) >= 11 is 0. The largest absolute Gasteiger partial charge is 0.381 e. The van der Waals surface area contributed by atoms with Crippen LogP contribution >= 0.6 is 0 Å². The van der Waals surface area contributed by atoms with E-state index in [-0.39, 0.29) is 29.4 Å². The Bertz CT molecular complexity index is 1450. The van der Waals surface area contributed by atoms with Crippen LogP contribution in [0, 0.1) is 17.7 Å². The van der Waals surface area contributed by atoms with Gasteiger partial charge in [0, 0.05) is 37.3 Å². The number of nitrogens with zero attached hydrogens (tertiary/aromatic N) is 3. The van der Waals surface area contributed by atoms with Gasteiger partial charge in [-0.15, -0.1) is 0 Å². The number of hydrogen-bond donors (Lipinski definition) is 1. The van der Waals surface area contributed by atoms with Gasteiger partial charge in [0.2, 0.25) is 0 Å². The van der Waals surface area contributed by atoms with E-state index in [1.54, 1.807) is 17.6 Å². The number of anilines is 1. The fraction of sp³-hybridized carbons (Fsp3) is 0.594. The molecule has 1 atom stereocenters. The molecule has 0 amide bonds. The molecule has 2 fully saturated rings. The Morgan fingerprint density at radius 3 is 2.59 bits per heavy atom. The van der Waals surface area contributed by atoms with Crippen molar-refractivity contribution < 1.29 is 17.9 Å². The molecule has 6 nitrogen and oxygen atoms in total. The van der Waals surface area contributed by atoms with Crippen molar-refractivity contribution in [2.75, 3.05) is 18.5 Å². The van der Waals surface area contributed by atoms with Crippen molar-refractivity contribution in [3.63, 3.8) is 0 Å². The Morgan fingerprint density at radius 2 is 1.78 bits per heavy atom. The summed E-state index contributed by atoms with van der Waals surface area (Å²) in [6, 6.07) is 5.49. The molecule has 7 rings (SSSR count). The molecule has 2 aromatic heterocycles. The number of aromatic nitrogens is 3. The van der Waals surface area contributed by atoms with E-state index in [1.807, 2.05) is 6.07 Å². The molecule has 220 valence electrons. The fourth-order valence-corrected chi connectivity index (χ4v) is 7.02. The van der Waals surface area contributed by atoms with Crippen molar-refractivity contribution in [1.82, 2.24) is 14.5 Å². The normalized spacial score (nSPS) is 25.8. The zero-order valence-electron chi connectivity index (χ0n) is 23.7. The maximum atomic E-state index is 15.7. The van der Waals surface area contributed by atoms with Gasteiger partial charge >= 0.3 is 0 Å². The van der Waals surface area contributed by atoms with E-state index < -0.39 is 23.3 Å². The van der Waals surface area contributed by atoms with Gasteiger partial charge in [-0.25, -0.2) is 23.1 Å². The lowest BCUT2D eigenvalue weighted by atomic mass is 9.70. The van der Waals surface area contributed by atoms with Gasteiger partial charge < -0.3 is 10.1 Å². The van der Waals surface area contributed by atoms with Crippen LogP contribution in [-0.2, 0) is 17.2 Å². The number of pyridine rings is 1. The molecular formula is C32H39F3N4O2. The molecule has 0 spiro atoms. The molecule has 1 aromatic carbocycles. The molecular weight excluding hydrogens is 529 g/mol. The number of benzene rings is 1. The second-order valence-electron chi connectivity index (χ2n) is 12.3. The number of fused-ring (bicyclic) bond motifs is 7. The third-order valence-electron chi connectivity index (χ3n) is 9.51. The van der Waals surface area contributed by atoms with E-state index in [4.69, 9.17) is 4.74 Å². The summed E-state index contributed by atoms with van der Waals surface area (Å²) in [5, 5.41) is 3.94. The number of alkyl halides is 2. The van der Waals surface area contributed by atoms with Crippen LogP contribution in [0.5, 0.6) is 0 Å². The molecule has 9 heteroatoms. The molecule has 0 unspecified atom stereocenters. The molecule has 1 N–H and O–H groups in total. The lowest BCUT2D eigenvalue weighted by molar-refractivity contribution is -0.0288. The van der Waals surface area contributed by atoms with Crippen molar-refractivity contribution in [3.05, 3.63) is 63.5 Å². The molecule has 4 aliphatic rings. The zero-order valence-corrected chi connectivity index (χ0v) is 23.7. The van der Waals surface area contributed by atoms with E-state index in [1.165, 1.54) is 18.5 Å². The maximum Gasteiger partial charge on any atom is 0.276 e. The molecule has 41 heavy (non-hydrogen) atoms. The number of nitrogens with one attached hydrogen (secondary N) is 1. The Labute approximate surface area is 238 Å². The third-order valence-corrected chi connectivity index (χ3v) is 9.51. The highest BCUT2D eigenvalue weighted by molar-refractivity contribution is 5.87. The first-order chi connectivity index (χ1) is 19.8. The first kappa shape index (κ1) is 28.2. The van der Waals surface area contributed by atoms with Crippen molar-refractivity contribution in [1.29, 1.82) is 0 Å². The minimum atomic E-state index is -3.23. The number of hydrogen-bond acceptors (Lipinski definition) is 5. The smallest absolute Gasteiger partial charge is 0.276 e. The Hall–Kier alpha value is -2.94. The summed E-state index contributed by atoms with van der Waals surface area (Å²) in [5.74, 6) is -2.73. The molecule has 3 aromatic rings. The first-order valence-corrected chi connectivity index (χ1v) is 15.2. The van der Waals surface area contributed by atoms with Crippen LogP contribution in [0.15, 0.2) is 35.4 Å². The topological polar surface area (TPSA) is 69.0 Å². The van der Waals surface area contributed by atoms with Crippen LogP contribution < -0.4 is 10.9 Å². The molecule has 5 heterocycles. The van der Waals surface area contributed by atoms with Crippen LogP contribution in [0.4, 0.5) is 19.0 Å². The summed E-state index contributed by atoms with van der Waals surface area (Å²) in [4.78, 5) is 22.8. The zero-order chi connectivity index (χ0) is 28.6. The van der Waals surface area contributed by atoms with E-state index in [0.717, 1.165) is 56.9 Å². The van der Waals surface area contributed by atoms with Crippen LogP contribution in [0.2, 0.25) is 0 Å². The second kappa shape index (κ2) is 11.7. The van der Waals surface area contributed by atoms with Gasteiger partial charge in [0.25, 0.3) is 11.5 Å². The Kier molecular flexibility index (Phi) is 8.07. The average Bonchev–Trinajstić information content (AvgIpc) is 2.94. The van der Waals surface area contributed by atoms with Crippen LogP contribution in [0.25, 0.3) is 11.0 Å². The Balaban J connectivity index is 1.42. The summed E-state index contributed by atoms with van der Waals surface area (Å²) in [5.41, 5.74) is 0.850. The second-order valence-corrected chi connectivity index (χ2v) is 12.3. The quantitative estimate of drug-likeness (QED) is 0.330. The van der Waals surface area contributed by atoms with Crippen molar-refractivity contribution in [3.8, 4) is 0 Å². The van der Waals surface area contributed by atoms with Gasteiger partial charge in [-0.1, -0.05) is 37.5 Å². The summed E-state index contributed by atoms with van der Waals surface area (Å²) in [6.07, 6.45) is 8.93. The average molecular weight is 569 g/mol.